The van der Waals surface area contributed by atoms with Crippen LogP contribution in [0.3, 0.4) is 0 Å². The van der Waals surface area contributed by atoms with E-state index in [0.717, 1.165) is 9.37 Å². The molecule has 0 aliphatic heterocycles. The van der Waals surface area contributed by atoms with Crippen LogP contribution in [0.5, 0.6) is 0 Å². The molecular formula is C17H16BrNO3S. The quantitative estimate of drug-likeness (QED) is 0.585. The summed E-state index contributed by atoms with van der Waals surface area (Å²) < 4.78 is 5.69. The maximum atomic E-state index is 12.0. The Labute approximate surface area is 147 Å². The van der Waals surface area contributed by atoms with Crippen molar-refractivity contribution in [1.29, 1.82) is 0 Å². The number of ether oxygens (including phenoxy) is 1. The van der Waals surface area contributed by atoms with E-state index in [1.54, 1.807) is 36.0 Å². The third-order valence-electron chi connectivity index (χ3n) is 2.98. The predicted molar refractivity (Wildman–Crippen MR) is 95.9 cm³/mol. The van der Waals surface area contributed by atoms with Crippen molar-refractivity contribution < 1.29 is 14.3 Å². The lowest BCUT2D eigenvalue weighted by atomic mass is 10.2. The number of esters is 1. The van der Waals surface area contributed by atoms with E-state index in [1.807, 2.05) is 24.3 Å². The van der Waals surface area contributed by atoms with Gasteiger partial charge in [0.15, 0.2) is 0 Å². The van der Waals surface area contributed by atoms with E-state index in [-0.39, 0.29) is 5.91 Å². The van der Waals surface area contributed by atoms with E-state index in [2.05, 4.69) is 26.0 Å². The first-order valence-electron chi connectivity index (χ1n) is 6.95. The van der Waals surface area contributed by atoms with Crippen LogP contribution < -0.4 is 5.32 Å². The molecule has 2 aromatic carbocycles. The van der Waals surface area contributed by atoms with Crippen molar-refractivity contribution in [2.24, 2.45) is 0 Å². The van der Waals surface area contributed by atoms with Crippen LogP contribution in [0.1, 0.15) is 16.8 Å². The number of hydrogen-bond acceptors (Lipinski definition) is 4. The Morgan fingerprint density at radius 2 is 1.91 bits per heavy atom. The molecule has 0 heterocycles. The number of methoxy groups -OCH3 is 1. The molecule has 0 fully saturated rings. The van der Waals surface area contributed by atoms with Gasteiger partial charge in [0, 0.05) is 27.2 Å². The highest BCUT2D eigenvalue weighted by Crippen LogP contribution is 2.21. The van der Waals surface area contributed by atoms with Crippen LogP contribution >= 0.6 is 27.7 Å². The fourth-order valence-electron chi connectivity index (χ4n) is 1.86. The van der Waals surface area contributed by atoms with Crippen LogP contribution in [0.4, 0.5) is 5.69 Å². The van der Waals surface area contributed by atoms with Gasteiger partial charge in [-0.2, -0.15) is 0 Å². The third-order valence-corrected chi connectivity index (χ3v) is 4.52. The number of benzene rings is 2. The standard InChI is InChI=1S/C17H16BrNO3S/c1-22-17(21)12-3-2-4-14(11-12)19-16(20)9-10-23-15-7-5-13(18)6-8-15/h2-8,11H,9-10H2,1H3,(H,19,20). The molecule has 0 saturated carbocycles. The van der Waals surface area contributed by atoms with Crippen LogP contribution in [0, 0.1) is 0 Å². The summed E-state index contributed by atoms with van der Waals surface area (Å²) in [6.07, 6.45) is 0.392. The Kier molecular flexibility index (Phi) is 6.67. The van der Waals surface area contributed by atoms with Gasteiger partial charge in [0.2, 0.25) is 5.91 Å². The molecule has 120 valence electrons. The van der Waals surface area contributed by atoms with Crippen LogP contribution in [-0.4, -0.2) is 24.7 Å². The molecular weight excluding hydrogens is 378 g/mol. The van der Waals surface area contributed by atoms with E-state index in [1.165, 1.54) is 7.11 Å². The number of halogens is 1. The fourth-order valence-corrected chi connectivity index (χ4v) is 2.97. The number of nitrogens with one attached hydrogen (secondary N) is 1. The van der Waals surface area contributed by atoms with Crippen LogP contribution in [0.2, 0.25) is 0 Å². The lowest BCUT2D eigenvalue weighted by Crippen LogP contribution is -2.12. The van der Waals surface area contributed by atoms with Gasteiger partial charge in [-0.15, -0.1) is 11.8 Å². The summed E-state index contributed by atoms with van der Waals surface area (Å²) in [5.41, 5.74) is 1.00. The highest BCUT2D eigenvalue weighted by molar-refractivity contribution is 9.10. The van der Waals surface area contributed by atoms with Crippen molar-refractivity contribution in [3.05, 3.63) is 58.6 Å². The predicted octanol–water partition coefficient (Wildman–Crippen LogP) is 4.36. The van der Waals surface area contributed by atoms with Gasteiger partial charge < -0.3 is 10.1 Å². The molecule has 0 atom stereocenters. The minimum atomic E-state index is -0.424. The molecule has 0 aliphatic rings. The number of thioether (sulfide) groups is 1. The lowest BCUT2D eigenvalue weighted by molar-refractivity contribution is -0.115. The summed E-state index contributed by atoms with van der Waals surface area (Å²) in [6, 6.07) is 14.7. The minimum Gasteiger partial charge on any atom is -0.465 e. The van der Waals surface area contributed by atoms with Gasteiger partial charge in [0.1, 0.15) is 0 Å². The molecule has 1 amide bonds. The molecule has 1 N–H and O–H groups in total. The van der Waals surface area contributed by atoms with E-state index < -0.39 is 5.97 Å². The molecule has 0 bridgehead atoms. The highest BCUT2D eigenvalue weighted by atomic mass is 79.9. The highest BCUT2D eigenvalue weighted by Gasteiger charge is 2.08. The summed E-state index contributed by atoms with van der Waals surface area (Å²) in [7, 11) is 1.33. The second-order valence-corrected chi connectivity index (χ2v) is 6.76. The van der Waals surface area contributed by atoms with E-state index in [4.69, 9.17) is 0 Å². The van der Waals surface area contributed by atoms with E-state index in [0.29, 0.717) is 23.4 Å². The summed E-state index contributed by atoms with van der Waals surface area (Å²) in [5.74, 6) is 0.174. The van der Waals surface area contributed by atoms with Crippen LogP contribution in [0.25, 0.3) is 0 Å². The average molecular weight is 394 g/mol. The van der Waals surface area contributed by atoms with Crippen molar-refractivity contribution in [1.82, 2.24) is 0 Å². The van der Waals surface area contributed by atoms with Gasteiger partial charge in [0.25, 0.3) is 0 Å². The second-order valence-electron chi connectivity index (χ2n) is 4.67. The van der Waals surface area contributed by atoms with Gasteiger partial charge in [0.05, 0.1) is 12.7 Å². The molecule has 0 aromatic heterocycles. The Balaban J connectivity index is 1.82. The Morgan fingerprint density at radius 1 is 1.17 bits per heavy atom. The number of amides is 1. The molecule has 6 heteroatoms. The summed E-state index contributed by atoms with van der Waals surface area (Å²) in [6.45, 7) is 0. The monoisotopic (exact) mass is 393 g/mol. The van der Waals surface area contributed by atoms with Crippen LogP contribution in [-0.2, 0) is 9.53 Å². The first-order chi connectivity index (χ1) is 11.1. The average Bonchev–Trinajstić information content (AvgIpc) is 2.56. The number of anilines is 1. The normalized spacial score (nSPS) is 10.2. The zero-order valence-corrected chi connectivity index (χ0v) is 14.9. The fraction of sp³-hybridized carbons (Fsp3) is 0.176. The summed E-state index contributed by atoms with van der Waals surface area (Å²) >= 11 is 5.01. The number of hydrogen-bond donors (Lipinski definition) is 1. The molecule has 4 nitrogen and oxygen atoms in total. The third kappa shape index (κ3) is 5.73. The molecule has 0 aliphatic carbocycles. The molecule has 0 radical (unpaired) electrons. The van der Waals surface area contributed by atoms with Crippen LogP contribution in [0.15, 0.2) is 57.9 Å². The molecule has 2 rings (SSSR count). The summed E-state index contributed by atoms with van der Waals surface area (Å²) in [4.78, 5) is 24.5. The van der Waals surface area contributed by atoms with Crippen molar-refractivity contribution in [2.45, 2.75) is 11.3 Å². The maximum absolute atomic E-state index is 12.0. The molecule has 23 heavy (non-hydrogen) atoms. The van der Waals surface area contributed by atoms with Gasteiger partial charge in [-0.05, 0) is 42.5 Å². The maximum Gasteiger partial charge on any atom is 0.337 e. The Hall–Kier alpha value is -1.79. The zero-order chi connectivity index (χ0) is 16.7. The molecule has 0 saturated heterocycles. The minimum absolute atomic E-state index is 0.0865. The van der Waals surface area contributed by atoms with Gasteiger partial charge in [-0.1, -0.05) is 22.0 Å². The van der Waals surface area contributed by atoms with Crippen molar-refractivity contribution in [3.63, 3.8) is 0 Å². The SMILES string of the molecule is COC(=O)c1cccc(NC(=O)CCSc2ccc(Br)cc2)c1. The number of rotatable bonds is 6. The van der Waals surface area contributed by atoms with Gasteiger partial charge >= 0.3 is 5.97 Å². The Bertz CT molecular complexity index is 688. The van der Waals surface area contributed by atoms with Gasteiger partial charge in [-0.3, -0.25) is 4.79 Å². The van der Waals surface area contributed by atoms with E-state index in [9.17, 15) is 9.59 Å². The van der Waals surface area contributed by atoms with Gasteiger partial charge in [-0.25, -0.2) is 4.79 Å². The molecule has 2 aromatic rings. The van der Waals surface area contributed by atoms with Crippen molar-refractivity contribution in [3.8, 4) is 0 Å². The summed E-state index contributed by atoms with van der Waals surface area (Å²) in [5, 5.41) is 2.79. The molecule has 0 spiro atoms. The lowest BCUT2D eigenvalue weighted by Gasteiger charge is -2.07. The smallest absolute Gasteiger partial charge is 0.337 e. The largest absolute Gasteiger partial charge is 0.465 e. The first kappa shape index (κ1) is 17.6. The topological polar surface area (TPSA) is 55.4 Å². The molecule has 0 unspecified atom stereocenters. The number of carbonyl (C=O) groups excluding carboxylic acids is 2. The van der Waals surface area contributed by atoms with Crippen molar-refractivity contribution in [2.75, 3.05) is 18.2 Å². The van der Waals surface area contributed by atoms with E-state index >= 15 is 0 Å². The number of carbonyl (C=O) groups is 2. The Morgan fingerprint density at radius 3 is 2.61 bits per heavy atom. The zero-order valence-electron chi connectivity index (χ0n) is 12.5. The van der Waals surface area contributed by atoms with Crippen molar-refractivity contribution >= 4 is 45.3 Å². The first-order valence-corrected chi connectivity index (χ1v) is 8.73. The second kappa shape index (κ2) is 8.74.